The summed E-state index contributed by atoms with van der Waals surface area (Å²) < 4.78 is 0. The molecule has 0 radical (unpaired) electrons. The first-order valence-electron chi connectivity index (χ1n) is 6.58. The molecular weight excluding hydrogens is 236 g/mol. The van der Waals surface area contributed by atoms with Crippen LogP contribution in [-0.2, 0) is 0 Å². The molecule has 3 N–H and O–H groups in total. The molecule has 4 nitrogen and oxygen atoms in total. The van der Waals surface area contributed by atoms with Gasteiger partial charge in [0.15, 0.2) is 0 Å². The fourth-order valence-electron chi connectivity index (χ4n) is 2.35. The molecule has 1 heterocycles. The molecule has 2 aromatic rings. The number of hydrogen-bond acceptors (Lipinski definition) is 4. The predicted octanol–water partition coefficient (Wildman–Crippen LogP) is 2.26. The first-order chi connectivity index (χ1) is 9.31. The summed E-state index contributed by atoms with van der Waals surface area (Å²) in [5.74, 6) is 1.29. The predicted molar refractivity (Wildman–Crippen MR) is 75.6 cm³/mol. The third-order valence-electron chi connectivity index (χ3n) is 3.61. The van der Waals surface area contributed by atoms with Crippen LogP contribution < -0.4 is 11.1 Å². The molecule has 19 heavy (non-hydrogen) atoms. The zero-order chi connectivity index (χ0) is 13.2. The van der Waals surface area contributed by atoms with E-state index in [1.54, 1.807) is 0 Å². The first-order valence-corrected chi connectivity index (χ1v) is 6.58. The van der Waals surface area contributed by atoms with E-state index in [0.717, 1.165) is 10.9 Å². The number of fused-ring (bicyclic) bond motifs is 1. The zero-order valence-electron chi connectivity index (χ0n) is 10.6. The number of para-hydroxylation sites is 1. The van der Waals surface area contributed by atoms with E-state index in [1.807, 2.05) is 30.3 Å². The standard InChI is InChI=1S/C15H16N4/c16-8-12-7-11-3-1-2-4-13(11)18-15(12)19-14(9-17)10-5-6-10/h1-4,7,10,14H,5-6,9,17H2,(H,18,19). The molecule has 1 aromatic heterocycles. The van der Waals surface area contributed by atoms with Gasteiger partial charge in [0.25, 0.3) is 0 Å². The maximum atomic E-state index is 9.26. The summed E-state index contributed by atoms with van der Waals surface area (Å²) in [4.78, 5) is 4.55. The van der Waals surface area contributed by atoms with E-state index < -0.39 is 0 Å². The molecule has 1 saturated carbocycles. The number of nitriles is 1. The first kappa shape index (κ1) is 11.9. The minimum atomic E-state index is 0.223. The van der Waals surface area contributed by atoms with E-state index >= 15 is 0 Å². The number of pyridine rings is 1. The topological polar surface area (TPSA) is 74.7 Å². The van der Waals surface area contributed by atoms with Gasteiger partial charge in [-0.3, -0.25) is 0 Å². The van der Waals surface area contributed by atoms with E-state index in [-0.39, 0.29) is 6.04 Å². The molecule has 1 fully saturated rings. The van der Waals surface area contributed by atoms with Gasteiger partial charge in [0.05, 0.1) is 11.1 Å². The van der Waals surface area contributed by atoms with E-state index in [4.69, 9.17) is 5.73 Å². The SMILES string of the molecule is N#Cc1cc2ccccc2nc1NC(CN)C1CC1. The third kappa shape index (κ3) is 2.38. The van der Waals surface area contributed by atoms with Crippen LogP contribution in [0.3, 0.4) is 0 Å². The minimum absolute atomic E-state index is 0.223. The number of benzene rings is 1. The molecule has 1 unspecified atom stereocenters. The lowest BCUT2D eigenvalue weighted by molar-refractivity contribution is 0.642. The number of rotatable bonds is 4. The van der Waals surface area contributed by atoms with Gasteiger partial charge in [-0.15, -0.1) is 0 Å². The number of nitrogens with zero attached hydrogens (tertiary/aromatic N) is 2. The highest BCUT2D eigenvalue weighted by molar-refractivity contribution is 5.82. The molecule has 1 aromatic carbocycles. The Morgan fingerprint density at radius 3 is 2.89 bits per heavy atom. The average Bonchev–Trinajstić information content (AvgIpc) is 3.28. The molecule has 0 amide bonds. The molecule has 3 rings (SSSR count). The van der Waals surface area contributed by atoms with Crippen molar-refractivity contribution in [3.63, 3.8) is 0 Å². The van der Waals surface area contributed by atoms with Gasteiger partial charge in [-0.1, -0.05) is 18.2 Å². The number of nitrogens with two attached hydrogens (primary N) is 1. The summed E-state index contributed by atoms with van der Waals surface area (Å²) in [5, 5.41) is 13.6. The van der Waals surface area contributed by atoms with Gasteiger partial charge in [-0.2, -0.15) is 5.26 Å². The van der Waals surface area contributed by atoms with Gasteiger partial charge in [-0.05, 0) is 30.9 Å². The van der Waals surface area contributed by atoms with Crippen LogP contribution in [0.1, 0.15) is 18.4 Å². The van der Waals surface area contributed by atoms with Crippen molar-refractivity contribution < 1.29 is 0 Å². The lowest BCUT2D eigenvalue weighted by Crippen LogP contribution is -2.31. The Hall–Kier alpha value is -2.12. The van der Waals surface area contributed by atoms with Crippen LogP contribution in [0.4, 0.5) is 5.82 Å². The Morgan fingerprint density at radius 1 is 1.42 bits per heavy atom. The molecule has 1 aliphatic rings. The zero-order valence-corrected chi connectivity index (χ0v) is 10.6. The second kappa shape index (κ2) is 4.87. The largest absolute Gasteiger partial charge is 0.365 e. The van der Waals surface area contributed by atoms with E-state index in [1.165, 1.54) is 12.8 Å². The van der Waals surface area contributed by atoms with Gasteiger partial charge in [0, 0.05) is 18.0 Å². The Bertz CT molecular complexity index is 640. The molecule has 4 heteroatoms. The molecule has 1 aliphatic carbocycles. The lowest BCUT2D eigenvalue weighted by atomic mass is 10.1. The van der Waals surface area contributed by atoms with E-state index in [2.05, 4.69) is 16.4 Å². The highest BCUT2D eigenvalue weighted by atomic mass is 15.0. The summed E-state index contributed by atoms with van der Waals surface area (Å²) in [6, 6.07) is 12.1. The molecular formula is C15H16N4. The lowest BCUT2D eigenvalue weighted by Gasteiger charge is -2.17. The second-order valence-corrected chi connectivity index (χ2v) is 5.01. The Balaban J connectivity index is 1.99. The van der Waals surface area contributed by atoms with Crippen LogP contribution in [0.25, 0.3) is 10.9 Å². The van der Waals surface area contributed by atoms with Crippen LogP contribution in [0, 0.1) is 17.2 Å². The minimum Gasteiger partial charge on any atom is -0.365 e. The van der Waals surface area contributed by atoms with Crippen molar-refractivity contribution in [2.24, 2.45) is 11.7 Å². The number of hydrogen-bond donors (Lipinski definition) is 2. The van der Waals surface area contributed by atoms with Crippen molar-refractivity contribution in [1.82, 2.24) is 4.98 Å². The van der Waals surface area contributed by atoms with Crippen molar-refractivity contribution >= 4 is 16.7 Å². The maximum absolute atomic E-state index is 9.26. The smallest absolute Gasteiger partial charge is 0.144 e. The highest BCUT2D eigenvalue weighted by Crippen LogP contribution is 2.34. The number of nitrogens with one attached hydrogen (secondary N) is 1. The van der Waals surface area contributed by atoms with Crippen LogP contribution in [0.5, 0.6) is 0 Å². The molecule has 0 spiro atoms. The van der Waals surface area contributed by atoms with Crippen molar-refractivity contribution in [2.45, 2.75) is 18.9 Å². The fourth-order valence-corrected chi connectivity index (χ4v) is 2.35. The van der Waals surface area contributed by atoms with Gasteiger partial charge >= 0.3 is 0 Å². The quantitative estimate of drug-likeness (QED) is 0.875. The van der Waals surface area contributed by atoms with Crippen LogP contribution in [0.15, 0.2) is 30.3 Å². The molecule has 1 atom stereocenters. The van der Waals surface area contributed by atoms with Crippen molar-refractivity contribution in [2.75, 3.05) is 11.9 Å². The van der Waals surface area contributed by atoms with Gasteiger partial charge in [0.2, 0.25) is 0 Å². The highest BCUT2D eigenvalue weighted by Gasteiger charge is 2.30. The Labute approximate surface area is 112 Å². The summed E-state index contributed by atoms with van der Waals surface area (Å²) in [5.41, 5.74) is 7.27. The van der Waals surface area contributed by atoms with Crippen LogP contribution >= 0.6 is 0 Å². The molecule has 0 bridgehead atoms. The van der Waals surface area contributed by atoms with Crippen molar-refractivity contribution in [3.8, 4) is 6.07 Å². The fraction of sp³-hybridized carbons (Fsp3) is 0.333. The summed E-state index contributed by atoms with van der Waals surface area (Å²) in [7, 11) is 0. The monoisotopic (exact) mass is 252 g/mol. The summed E-state index contributed by atoms with van der Waals surface area (Å²) in [6.07, 6.45) is 2.43. The van der Waals surface area contributed by atoms with E-state index in [9.17, 15) is 5.26 Å². The third-order valence-corrected chi connectivity index (χ3v) is 3.61. The maximum Gasteiger partial charge on any atom is 0.144 e. The molecule has 0 aliphatic heterocycles. The summed E-state index contributed by atoms with van der Waals surface area (Å²) >= 11 is 0. The Morgan fingerprint density at radius 2 is 2.21 bits per heavy atom. The molecule has 96 valence electrons. The number of aromatic nitrogens is 1. The van der Waals surface area contributed by atoms with Crippen molar-refractivity contribution in [1.29, 1.82) is 5.26 Å². The average molecular weight is 252 g/mol. The van der Waals surface area contributed by atoms with E-state index in [0.29, 0.717) is 23.8 Å². The number of anilines is 1. The second-order valence-electron chi connectivity index (χ2n) is 5.01. The van der Waals surface area contributed by atoms with Crippen molar-refractivity contribution in [3.05, 3.63) is 35.9 Å². The summed E-state index contributed by atoms with van der Waals surface area (Å²) in [6.45, 7) is 0.573. The normalized spacial score (nSPS) is 16.0. The van der Waals surface area contributed by atoms with Gasteiger partial charge in [0.1, 0.15) is 11.9 Å². The van der Waals surface area contributed by atoms with Gasteiger partial charge < -0.3 is 11.1 Å². The Kier molecular flexibility index (Phi) is 3.06. The van der Waals surface area contributed by atoms with Crippen LogP contribution in [0.2, 0.25) is 0 Å². The van der Waals surface area contributed by atoms with Gasteiger partial charge in [-0.25, -0.2) is 4.98 Å². The molecule has 0 saturated heterocycles. The van der Waals surface area contributed by atoms with Crippen LogP contribution in [-0.4, -0.2) is 17.6 Å².